The summed E-state index contributed by atoms with van der Waals surface area (Å²) in [6, 6.07) is 20.3. The fraction of sp³-hybridized carbons (Fsp3) is 0.154. The van der Waals surface area contributed by atoms with Crippen LogP contribution in [0.3, 0.4) is 0 Å². The number of fused-ring (bicyclic) bond motifs is 2. The van der Waals surface area contributed by atoms with Crippen LogP contribution in [-0.4, -0.2) is 25.0 Å². The standard InChI is InChI=1S/C26H20F3NO3/c1-33-25(32)22(14-16-10-12-19(13-11-16)26(27,28)29)30-24(31)23-20-8-4-2-6-17(20)15-18-7-3-5-9-21(18)23/h2-13,15,22H,14H2,1H3,(H,30,31)/t22-/m0/s1. The van der Waals surface area contributed by atoms with Gasteiger partial charge in [-0.1, -0.05) is 60.7 Å². The molecule has 0 fully saturated rings. The molecule has 0 aliphatic rings. The van der Waals surface area contributed by atoms with Crippen LogP contribution in [0.1, 0.15) is 21.5 Å². The zero-order valence-electron chi connectivity index (χ0n) is 17.6. The largest absolute Gasteiger partial charge is 0.467 e. The first-order valence-electron chi connectivity index (χ1n) is 10.2. The van der Waals surface area contributed by atoms with Crippen molar-refractivity contribution in [3.05, 3.63) is 95.6 Å². The fourth-order valence-electron chi connectivity index (χ4n) is 3.89. The molecule has 0 aliphatic carbocycles. The first kappa shape index (κ1) is 22.3. The molecule has 4 aromatic carbocycles. The second-order valence-electron chi connectivity index (χ2n) is 7.64. The SMILES string of the molecule is COC(=O)[C@H](Cc1ccc(C(F)(F)F)cc1)NC(=O)c1c2ccccc2cc2ccccc12. The monoisotopic (exact) mass is 451 g/mol. The van der Waals surface area contributed by atoms with Crippen molar-refractivity contribution >= 4 is 33.4 Å². The maximum atomic E-state index is 13.4. The van der Waals surface area contributed by atoms with Crippen LogP contribution in [0.4, 0.5) is 13.2 Å². The minimum absolute atomic E-state index is 0.0146. The molecule has 168 valence electrons. The Balaban J connectivity index is 1.68. The van der Waals surface area contributed by atoms with Crippen molar-refractivity contribution in [3.63, 3.8) is 0 Å². The number of carbonyl (C=O) groups is 2. The topological polar surface area (TPSA) is 55.4 Å². The highest BCUT2D eigenvalue weighted by Gasteiger charge is 2.30. The van der Waals surface area contributed by atoms with Crippen molar-refractivity contribution in [2.24, 2.45) is 0 Å². The number of hydrogen-bond donors (Lipinski definition) is 1. The molecule has 0 aromatic heterocycles. The zero-order valence-corrected chi connectivity index (χ0v) is 17.6. The lowest BCUT2D eigenvalue weighted by Gasteiger charge is -2.19. The molecule has 0 radical (unpaired) electrons. The van der Waals surface area contributed by atoms with E-state index in [1.54, 1.807) is 0 Å². The van der Waals surface area contributed by atoms with Crippen molar-refractivity contribution in [2.75, 3.05) is 7.11 Å². The summed E-state index contributed by atoms with van der Waals surface area (Å²) in [5.41, 5.74) is 0.0960. The van der Waals surface area contributed by atoms with Gasteiger partial charge in [0.1, 0.15) is 6.04 Å². The van der Waals surface area contributed by atoms with Crippen molar-refractivity contribution in [3.8, 4) is 0 Å². The van der Waals surface area contributed by atoms with Crippen molar-refractivity contribution in [2.45, 2.75) is 18.6 Å². The molecule has 0 saturated heterocycles. The Bertz CT molecular complexity index is 1280. The van der Waals surface area contributed by atoms with E-state index in [9.17, 15) is 22.8 Å². The molecule has 0 bridgehead atoms. The Hall–Kier alpha value is -3.87. The highest BCUT2D eigenvalue weighted by molar-refractivity contribution is 6.18. The number of benzene rings is 4. The first-order valence-corrected chi connectivity index (χ1v) is 10.2. The Kier molecular flexibility index (Phi) is 6.05. The third kappa shape index (κ3) is 4.67. The average Bonchev–Trinajstić information content (AvgIpc) is 2.81. The quantitative estimate of drug-likeness (QED) is 0.321. The number of ether oxygens (including phenoxy) is 1. The average molecular weight is 451 g/mol. The Labute approximate surface area is 188 Å². The number of amides is 1. The maximum absolute atomic E-state index is 13.4. The lowest BCUT2D eigenvalue weighted by Crippen LogP contribution is -2.43. The van der Waals surface area contributed by atoms with E-state index in [1.807, 2.05) is 54.6 Å². The normalized spacial score (nSPS) is 12.5. The van der Waals surface area contributed by atoms with E-state index in [1.165, 1.54) is 19.2 Å². The van der Waals surface area contributed by atoms with E-state index in [2.05, 4.69) is 5.32 Å². The van der Waals surface area contributed by atoms with Gasteiger partial charge in [-0.15, -0.1) is 0 Å². The van der Waals surface area contributed by atoms with Gasteiger partial charge in [-0.2, -0.15) is 13.2 Å². The fourth-order valence-corrected chi connectivity index (χ4v) is 3.89. The van der Waals surface area contributed by atoms with Crippen LogP contribution in [-0.2, 0) is 22.1 Å². The lowest BCUT2D eigenvalue weighted by molar-refractivity contribution is -0.143. The summed E-state index contributed by atoms with van der Waals surface area (Å²) in [5.74, 6) is -1.15. The smallest absolute Gasteiger partial charge is 0.416 e. The summed E-state index contributed by atoms with van der Waals surface area (Å²) in [4.78, 5) is 25.8. The molecule has 0 unspecified atom stereocenters. The molecule has 0 spiro atoms. The van der Waals surface area contributed by atoms with Gasteiger partial charge in [0.05, 0.1) is 18.2 Å². The van der Waals surface area contributed by atoms with E-state index in [-0.39, 0.29) is 6.42 Å². The van der Waals surface area contributed by atoms with Crippen LogP contribution in [0.15, 0.2) is 78.9 Å². The molecule has 0 saturated carbocycles. The number of halogens is 3. The summed E-state index contributed by atoms with van der Waals surface area (Å²) in [6.07, 6.45) is -4.47. The molecule has 4 aromatic rings. The number of nitrogens with one attached hydrogen (secondary N) is 1. The minimum atomic E-state index is -4.45. The number of alkyl halides is 3. The second kappa shape index (κ2) is 8.94. The third-order valence-electron chi connectivity index (χ3n) is 5.51. The van der Waals surface area contributed by atoms with Gasteiger partial charge in [-0.3, -0.25) is 4.79 Å². The predicted octanol–water partition coefficient (Wildman–Crippen LogP) is 5.53. The molecule has 1 N–H and O–H groups in total. The van der Waals surface area contributed by atoms with E-state index in [0.717, 1.165) is 33.7 Å². The summed E-state index contributed by atoms with van der Waals surface area (Å²) < 4.78 is 43.4. The highest BCUT2D eigenvalue weighted by Crippen LogP contribution is 2.30. The number of methoxy groups -OCH3 is 1. The summed E-state index contributed by atoms with van der Waals surface area (Å²) >= 11 is 0. The number of hydrogen-bond acceptors (Lipinski definition) is 3. The maximum Gasteiger partial charge on any atom is 0.416 e. The summed E-state index contributed by atoms with van der Waals surface area (Å²) in [5, 5.41) is 5.93. The molecule has 0 heterocycles. The predicted molar refractivity (Wildman–Crippen MR) is 120 cm³/mol. The molecule has 7 heteroatoms. The molecular formula is C26H20F3NO3. The molecule has 1 atom stereocenters. The Morgan fingerprint density at radius 3 is 1.94 bits per heavy atom. The summed E-state index contributed by atoms with van der Waals surface area (Å²) in [6.45, 7) is 0. The van der Waals surface area contributed by atoms with Crippen LogP contribution in [0.25, 0.3) is 21.5 Å². The number of esters is 1. The van der Waals surface area contributed by atoms with E-state index in [4.69, 9.17) is 4.74 Å². The molecule has 33 heavy (non-hydrogen) atoms. The molecule has 4 rings (SSSR count). The van der Waals surface area contributed by atoms with Crippen LogP contribution in [0.5, 0.6) is 0 Å². The van der Waals surface area contributed by atoms with Crippen LogP contribution in [0.2, 0.25) is 0 Å². The van der Waals surface area contributed by atoms with Crippen LogP contribution >= 0.6 is 0 Å². The number of rotatable bonds is 5. The van der Waals surface area contributed by atoms with Crippen molar-refractivity contribution < 1.29 is 27.5 Å². The van der Waals surface area contributed by atoms with Gasteiger partial charge < -0.3 is 10.1 Å². The lowest BCUT2D eigenvalue weighted by atomic mass is 9.95. The van der Waals surface area contributed by atoms with Gasteiger partial charge in [0.25, 0.3) is 5.91 Å². The second-order valence-corrected chi connectivity index (χ2v) is 7.64. The van der Waals surface area contributed by atoms with Crippen LogP contribution in [0, 0.1) is 0 Å². The van der Waals surface area contributed by atoms with Gasteiger partial charge in [0.15, 0.2) is 0 Å². The first-order chi connectivity index (χ1) is 15.8. The van der Waals surface area contributed by atoms with E-state index < -0.39 is 29.7 Å². The Morgan fingerprint density at radius 1 is 0.879 bits per heavy atom. The highest BCUT2D eigenvalue weighted by atomic mass is 19.4. The Morgan fingerprint density at radius 2 is 1.42 bits per heavy atom. The summed E-state index contributed by atoms with van der Waals surface area (Å²) in [7, 11) is 1.20. The van der Waals surface area contributed by atoms with Gasteiger partial charge in [-0.25, -0.2) is 4.79 Å². The molecule has 4 nitrogen and oxygen atoms in total. The van der Waals surface area contributed by atoms with E-state index >= 15 is 0 Å². The molecule has 1 amide bonds. The third-order valence-corrected chi connectivity index (χ3v) is 5.51. The minimum Gasteiger partial charge on any atom is -0.467 e. The van der Waals surface area contributed by atoms with Gasteiger partial charge in [0.2, 0.25) is 0 Å². The van der Waals surface area contributed by atoms with E-state index in [0.29, 0.717) is 11.1 Å². The zero-order chi connectivity index (χ0) is 23.6. The van der Waals surface area contributed by atoms with Gasteiger partial charge >= 0.3 is 12.1 Å². The van der Waals surface area contributed by atoms with Crippen molar-refractivity contribution in [1.29, 1.82) is 0 Å². The van der Waals surface area contributed by atoms with Crippen molar-refractivity contribution in [1.82, 2.24) is 5.32 Å². The number of carbonyl (C=O) groups excluding carboxylic acids is 2. The van der Waals surface area contributed by atoms with Gasteiger partial charge in [0, 0.05) is 6.42 Å². The molecular weight excluding hydrogens is 431 g/mol. The molecule has 0 aliphatic heterocycles. The van der Waals surface area contributed by atoms with Crippen LogP contribution < -0.4 is 5.32 Å². The van der Waals surface area contributed by atoms with Gasteiger partial charge in [-0.05, 0) is 45.3 Å².